The van der Waals surface area contributed by atoms with Crippen molar-refractivity contribution in [3.05, 3.63) is 122 Å². The van der Waals surface area contributed by atoms with Gasteiger partial charge in [0.2, 0.25) is 0 Å². The first-order chi connectivity index (χ1) is 19.5. The van der Waals surface area contributed by atoms with Crippen LogP contribution in [0.5, 0.6) is 5.75 Å². The number of rotatable bonds is 10. The van der Waals surface area contributed by atoms with E-state index in [-0.39, 0.29) is 22.5 Å². The number of aromatic nitrogens is 4. The monoisotopic (exact) mass is 616 g/mol. The van der Waals surface area contributed by atoms with Gasteiger partial charge in [0, 0.05) is 17.5 Å². The fourth-order valence-electron chi connectivity index (χ4n) is 4.88. The van der Waals surface area contributed by atoms with E-state index in [0.29, 0.717) is 24.6 Å². The Labute approximate surface area is 248 Å². The Balaban J connectivity index is 0.00000387. The van der Waals surface area contributed by atoms with Crippen molar-refractivity contribution in [2.45, 2.75) is 46.1 Å². The molecule has 0 aliphatic heterocycles. The zero-order valence-electron chi connectivity index (χ0n) is 23.3. The maximum Gasteiger partial charge on any atom is 0.439 e. The molecule has 0 spiro atoms. The van der Waals surface area contributed by atoms with Crippen molar-refractivity contribution >= 4 is 17.0 Å². The first-order valence-corrected chi connectivity index (χ1v) is 13.4. The molecule has 9 heteroatoms. The van der Waals surface area contributed by atoms with Gasteiger partial charge in [0.05, 0.1) is 19.3 Å². The third-order valence-electron chi connectivity index (χ3n) is 7.07. The van der Waals surface area contributed by atoms with Gasteiger partial charge < -0.3 is 4.74 Å². The Morgan fingerprint density at radius 3 is 2.24 bits per heavy atom. The van der Waals surface area contributed by atoms with Crippen LogP contribution >= 0.6 is 17.0 Å². The van der Waals surface area contributed by atoms with Crippen LogP contribution in [0.25, 0.3) is 22.5 Å². The van der Waals surface area contributed by atoms with Crippen molar-refractivity contribution in [2.24, 2.45) is 0 Å². The number of ether oxygens (including phenoxy) is 1. The lowest BCUT2D eigenvalue weighted by atomic mass is 9.96. The molecule has 0 saturated carbocycles. The second-order valence-corrected chi connectivity index (χ2v) is 9.79. The predicted octanol–water partition coefficient (Wildman–Crippen LogP) is 6.13. The van der Waals surface area contributed by atoms with Gasteiger partial charge in [-0.15, -0.1) is 17.0 Å². The molecule has 41 heavy (non-hydrogen) atoms. The highest BCUT2D eigenvalue weighted by molar-refractivity contribution is 8.93. The number of benzene rings is 3. The van der Waals surface area contributed by atoms with E-state index in [1.165, 1.54) is 0 Å². The van der Waals surface area contributed by atoms with Gasteiger partial charge in [0.1, 0.15) is 11.6 Å². The van der Waals surface area contributed by atoms with Crippen LogP contribution in [0.3, 0.4) is 0 Å². The third-order valence-corrected chi connectivity index (χ3v) is 7.07. The van der Waals surface area contributed by atoms with Crippen molar-refractivity contribution in [1.82, 2.24) is 19.7 Å². The molecule has 0 fully saturated rings. The fraction of sp³-hybridized carbons (Fsp3) is 0.250. The molecule has 0 aliphatic rings. The highest BCUT2D eigenvalue weighted by atomic mass is 79.9. The maximum absolute atomic E-state index is 13.9. The molecule has 0 bridgehead atoms. The molecule has 2 aromatic heterocycles. The number of nitrogens with one attached hydrogen (secondary N) is 1. The van der Waals surface area contributed by atoms with Crippen LogP contribution in [0.1, 0.15) is 48.0 Å². The van der Waals surface area contributed by atoms with Crippen molar-refractivity contribution < 1.29 is 9.26 Å². The van der Waals surface area contributed by atoms with E-state index in [1.54, 1.807) is 11.7 Å². The Morgan fingerprint density at radius 1 is 0.927 bits per heavy atom. The highest BCUT2D eigenvalue weighted by Crippen LogP contribution is 2.30. The lowest BCUT2D eigenvalue weighted by Gasteiger charge is -2.16. The van der Waals surface area contributed by atoms with Crippen molar-refractivity contribution in [3.8, 4) is 28.3 Å². The second kappa shape index (κ2) is 13.4. The van der Waals surface area contributed by atoms with Crippen LogP contribution in [0.2, 0.25) is 0 Å². The van der Waals surface area contributed by atoms with Gasteiger partial charge in [0.25, 0.3) is 5.56 Å². The minimum absolute atomic E-state index is 0. The first-order valence-electron chi connectivity index (χ1n) is 13.4. The number of H-pyrrole nitrogens is 1. The summed E-state index contributed by atoms with van der Waals surface area (Å²) in [7, 11) is 1.64. The summed E-state index contributed by atoms with van der Waals surface area (Å²) in [6, 6.07) is 23.6. The van der Waals surface area contributed by atoms with Crippen LogP contribution in [0.4, 0.5) is 0 Å². The summed E-state index contributed by atoms with van der Waals surface area (Å²) < 4.78 is 11.7. The number of hydrogen-bond donors (Lipinski definition) is 1. The van der Waals surface area contributed by atoms with Crippen LogP contribution < -0.4 is 16.1 Å². The predicted molar refractivity (Wildman–Crippen MR) is 165 cm³/mol. The average Bonchev–Trinajstić information content (AvgIpc) is 3.42. The van der Waals surface area contributed by atoms with Crippen molar-refractivity contribution in [2.75, 3.05) is 7.11 Å². The van der Waals surface area contributed by atoms with Crippen molar-refractivity contribution in [1.29, 1.82) is 0 Å². The number of halogens is 1. The number of methoxy groups -OCH3 is 1. The average molecular weight is 618 g/mol. The Bertz CT molecular complexity index is 1720. The number of unbranched alkanes of at least 4 members (excludes halogenated alkanes) is 1. The van der Waals surface area contributed by atoms with E-state index in [4.69, 9.17) is 14.2 Å². The van der Waals surface area contributed by atoms with Crippen LogP contribution in [-0.2, 0) is 19.4 Å². The summed E-state index contributed by atoms with van der Waals surface area (Å²) in [5.41, 5.74) is 6.30. The molecule has 0 atom stereocenters. The molecule has 0 radical (unpaired) electrons. The Kier molecular flexibility index (Phi) is 9.73. The van der Waals surface area contributed by atoms with E-state index in [0.717, 1.165) is 64.1 Å². The molecule has 0 unspecified atom stereocenters. The number of nitrogens with zero attached hydrogens (tertiary/aromatic N) is 3. The minimum Gasteiger partial charge on any atom is -0.497 e. The number of aryl methyl sites for hydroxylation is 2. The van der Waals surface area contributed by atoms with E-state index in [2.05, 4.69) is 17.1 Å². The quantitative estimate of drug-likeness (QED) is 0.202. The number of hydrogen-bond acceptors (Lipinski definition) is 6. The fourth-order valence-corrected chi connectivity index (χ4v) is 4.88. The summed E-state index contributed by atoms with van der Waals surface area (Å²) in [5, 5.41) is 3.85. The maximum atomic E-state index is 13.9. The Hall–Kier alpha value is -4.24. The van der Waals surface area contributed by atoms with E-state index in [9.17, 15) is 9.59 Å². The second-order valence-electron chi connectivity index (χ2n) is 9.79. The van der Waals surface area contributed by atoms with E-state index in [1.807, 2.05) is 79.7 Å². The smallest absolute Gasteiger partial charge is 0.439 e. The van der Waals surface area contributed by atoms with E-state index >= 15 is 0 Å². The molecule has 0 aliphatic carbocycles. The van der Waals surface area contributed by atoms with E-state index < -0.39 is 5.76 Å². The molecule has 5 aromatic rings. The third kappa shape index (κ3) is 6.74. The minimum atomic E-state index is -0.594. The van der Waals surface area contributed by atoms with Gasteiger partial charge >= 0.3 is 5.76 Å². The molecule has 5 rings (SSSR count). The van der Waals surface area contributed by atoms with Crippen molar-refractivity contribution in [3.63, 3.8) is 0 Å². The van der Waals surface area contributed by atoms with Crippen LogP contribution in [0, 0.1) is 6.92 Å². The normalized spacial score (nSPS) is 10.8. The molecular weight excluding hydrogens is 584 g/mol. The molecule has 0 saturated heterocycles. The molecule has 3 aromatic carbocycles. The lowest BCUT2D eigenvalue weighted by Crippen LogP contribution is -2.30. The van der Waals surface area contributed by atoms with Gasteiger partial charge in [-0.2, -0.15) is 0 Å². The zero-order valence-corrected chi connectivity index (χ0v) is 25.1. The topological polar surface area (TPSA) is 103 Å². The molecule has 212 valence electrons. The SMILES string of the molecule is Br.CCCCc1nc(C)n(Cc2ccc(OC)cc2)c(=O)c1Cc1ccc(-c2ccccc2-c2noc(=O)[nH]2)cc1. The van der Waals surface area contributed by atoms with Crippen LogP contribution in [-0.4, -0.2) is 26.8 Å². The van der Waals surface area contributed by atoms with Gasteiger partial charge in [-0.3, -0.25) is 18.9 Å². The lowest BCUT2D eigenvalue weighted by molar-refractivity contribution is 0.388. The Morgan fingerprint density at radius 2 is 1.61 bits per heavy atom. The summed E-state index contributed by atoms with van der Waals surface area (Å²) in [4.78, 5) is 32.9. The standard InChI is InChI=1S/C32H32N4O4.BrH/c1-4-5-10-29-28(31(37)36(21(2)33-29)20-23-13-17-25(39-3)18-14-23)19-22-11-15-24(16-12-22)26-8-6-7-9-27(26)30-34-32(38)40-35-30;/h6-9,11-18H,4-5,10,19-20H2,1-3H3,(H,34,35,38);1H. The molecule has 2 heterocycles. The molecular formula is C32H33BrN4O4. The first kappa shape index (κ1) is 29.7. The molecule has 0 amide bonds. The summed E-state index contributed by atoms with van der Waals surface area (Å²) >= 11 is 0. The number of aromatic amines is 1. The van der Waals surface area contributed by atoms with Gasteiger partial charge in [-0.05, 0) is 54.2 Å². The summed E-state index contributed by atoms with van der Waals surface area (Å²) in [5.74, 6) is 1.28. The van der Waals surface area contributed by atoms with Gasteiger partial charge in [-0.25, -0.2) is 9.78 Å². The molecule has 1 N–H and O–H groups in total. The highest BCUT2D eigenvalue weighted by Gasteiger charge is 2.16. The summed E-state index contributed by atoms with van der Waals surface area (Å²) in [6.07, 6.45) is 3.26. The summed E-state index contributed by atoms with van der Waals surface area (Å²) in [6.45, 7) is 4.49. The largest absolute Gasteiger partial charge is 0.497 e. The zero-order chi connectivity index (χ0) is 28.1. The molecule has 8 nitrogen and oxygen atoms in total. The van der Waals surface area contributed by atoms with Gasteiger partial charge in [0.15, 0.2) is 5.82 Å². The van der Waals surface area contributed by atoms with Crippen LogP contribution in [0.15, 0.2) is 86.9 Å². The van der Waals surface area contributed by atoms with Gasteiger partial charge in [-0.1, -0.05) is 79.2 Å².